The number of ether oxygens (including phenoxy) is 1. The van der Waals surface area contributed by atoms with Crippen LogP contribution in [0.4, 0.5) is 4.79 Å². The molecule has 0 aromatic carbocycles. The van der Waals surface area contributed by atoms with Gasteiger partial charge in [-0.25, -0.2) is 0 Å². The van der Waals surface area contributed by atoms with Gasteiger partial charge in [-0.3, -0.25) is 14.4 Å². The summed E-state index contributed by atoms with van der Waals surface area (Å²) < 4.78 is 4.87. The van der Waals surface area contributed by atoms with Crippen molar-refractivity contribution in [3.63, 3.8) is 0 Å². The second kappa shape index (κ2) is 6.79. The molecule has 1 aliphatic heterocycles. The third-order valence-corrected chi connectivity index (χ3v) is 4.14. The zero-order valence-electron chi connectivity index (χ0n) is 10.7. The topological polar surface area (TPSA) is 75.7 Å². The Morgan fingerprint density at radius 3 is 2.74 bits per heavy atom. The summed E-state index contributed by atoms with van der Waals surface area (Å²) in [7, 11) is 0. The quantitative estimate of drug-likeness (QED) is 0.755. The van der Waals surface area contributed by atoms with Crippen LogP contribution in [-0.4, -0.2) is 53.5 Å². The largest absolute Gasteiger partial charge is 0.454 e. The van der Waals surface area contributed by atoms with Crippen LogP contribution in [-0.2, 0) is 14.3 Å². The van der Waals surface area contributed by atoms with Crippen molar-refractivity contribution in [3.05, 3.63) is 0 Å². The van der Waals surface area contributed by atoms with Crippen molar-refractivity contribution >= 4 is 28.9 Å². The Morgan fingerprint density at radius 1 is 1.37 bits per heavy atom. The molecule has 0 aromatic heterocycles. The number of carbonyl (C=O) groups excluding carboxylic acids is 3. The molecule has 2 rings (SSSR count). The molecule has 1 saturated carbocycles. The molecule has 0 bridgehead atoms. The molecule has 1 aliphatic carbocycles. The van der Waals surface area contributed by atoms with E-state index in [0.717, 1.165) is 25.7 Å². The maximum atomic E-state index is 11.5. The maximum Gasteiger partial charge on any atom is 0.326 e. The minimum Gasteiger partial charge on any atom is -0.454 e. The number of nitrogens with one attached hydrogen (secondary N) is 1. The highest BCUT2D eigenvalue weighted by Gasteiger charge is 2.24. The predicted octanol–water partition coefficient (Wildman–Crippen LogP) is 0.757. The third kappa shape index (κ3) is 4.41. The van der Waals surface area contributed by atoms with Crippen LogP contribution in [0.15, 0.2) is 0 Å². The molecule has 2 aliphatic rings. The van der Waals surface area contributed by atoms with Crippen LogP contribution >= 0.6 is 11.8 Å². The molecule has 2 fully saturated rings. The molecule has 0 spiro atoms. The number of esters is 1. The summed E-state index contributed by atoms with van der Waals surface area (Å²) in [6.45, 7) is 0.236. The van der Waals surface area contributed by atoms with Crippen molar-refractivity contribution < 1.29 is 19.1 Å². The highest BCUT2D eigenvalue weighted by Crippen LogP contribution is 2.17. The molecular weight excluding hydrogens is 268 g/mol. The second-order valence-corrected chi connectivity index (χ2v) is 5.79. The lowest BCUT2D eigenvalue weighted by Crippen LogP contribution is -2.37. The Bertz CT molecular complexity index is 369. The SMILES string of the molecule is O=C(COC(=O)CN1CCSC1=O)NC1CCCC1. The molecule has 1 saturated heterocycles. The first-order valence-corrected chi connectivity index (χ1v) is 7.50. The number of hydrogen-bond donors (Lipinski definition) is 1. The Hall–Kier alpha value is -1.24. The van der Waals surface area contributed by atoms with Crippen molar-refractivity contribution in [2.24, 2.45) is 0 Å². The van der Waals surface area contributed by atoms with E-state index >= 15 is 0 Å². The van der Waals surface area contributed by atoms with E-state index in [1.807, 2.05) is 0 Å². The van der Waals surface area contributed by atoms with E-state index < -0.39 is 5.97 Å². The monoisotopic (exact) mass is 286 g/mol. The van der Waals surface area contributed by atoms with Gasteiger partial charge in [0.15, 0.2) is 6.61 Å². The Morgan fingerprint density at radius 2 is 2.11 bits per heavy atom. The molecule has 0 atom stereocenters. The molecule has 7 heteroatoms. The molecule has 0 radical (unpaired) electrons. The van der Waals surface area contributed by atoms with E-state index in [4.69, 9.17) is 4.74 Å². The lowest BCUT2D eigenvalue weighted by atomic mass is 10.2. The number of carbonyl (C=O) groups is 3. The van der Waals surface area contributed by atoms with Gasteiger partial charge in [0.1, 0.15) is 6.54 Å². The minimum absolute atomic E-state index is 0.0669. The summed E-state index contributed by atoms with van der Waals surface area (Å²) in [6.07, 6.45) is 4.28. The van der Waals surface area contributed by atoms with Crippen LogP contribution in [0.3, 0.4) is 0 Å². The van der Waals surface area contributed by atoms with Crippen LogP contribution in [0, 0.1) is 0 Å². The van der Waals surface area contributed by atoms with E-state index in [-0.39, 0.29) is 30.3 Å². The van der Waals surface area contributed by atoms with Crippen LogP contribution < -0.4 is 5.32 Å². The van der Waals surface area contributed by atoms with Crippen molar-refractivity contribution in [2.45, 2.75) is 31.7 Å². The van der Waals surface area contributed by atoms with Gasteiger partial charge in [0.05, 0.1) is 0 Å². The fourth-order valence-corrected chi connectivity index (χ4v) is 3.08. The lowest BCUT2D eigenvalue weighted by molar-refractivity contribution is -0.149. The van der Waals surface area contributed by atoms with Crippen molar-refractivity contribution in [1.29, 1.82) is 0 Å². The number of amides is 2. The Labute approximate surface area is 116 Å². The average Bonchev–Trinajstić information content (AvgIpc) is 3.00. The van der Waals surface area contributed by atoms with E-state index in [0.29, 0.717) is 12.3 Å². The summed E-state index contributed by atoms with van der Waals surface area (Å²) in [5, 5.41) is 2.73. The highest BCUT2D eigenvalue weighted by atomic mass is 32.2. The molecule has 6 nitrogen and oxygen atoms in total. The molecule has 1 N–H and O–H groups in total. The summed E-state index contributed by atoms with van der Waals surface area (Å²) >= 11 is 1.19. The van der Waals surface area contributed by atoms with Crippen molar-refractivity contribution in [3.8, 4) is 0 Å². The zero-order valence-corrected chi connectivity index (χ0v) is 11.5. The number of rotatable bonds is 5. The number of hydrogen-bond acceptors (Lipinski definition) is 5. The van der Waals surface area contributed by atoms with Crippen LogP contribution in [0.25, 0.3) is 0 Å². The number of nitrogens with zero attached hydrogens (tertiary/aromatic N) is 1. The van der Waals surface area contributed by atoms with Crippen LogP contribution in [0.1, 0.15) is 25.7 Å². The van der Waals surface area contributed by atoms with Gasteiger partial charge in [0.2, 0.25) is 0 Å². The summed E-state index contributed by atoms with van der Waals surface area (Å²) in [4.78, 5) is 35.7. The fraction of sp³-hybridized carbons (Fsp3) is 0.750. The van der Waals surface area contributed by atoms with Gasteiger partial charge in [-0.1, -0.05) is 24.6 Å². The fourth-order valence-electron chi connectivity index (χ4n) is 2.26. The summed E-state index contributed by atoms with van der Waals surface area (Å²) in [6, 6.07) is 0.225. The molecule has 19 heavy (non-hydrogen) atoms. The van der Waals surface area contributed by atoms with E-state index in [1.54, 1.807) is 0 Å². The number of thioether (sulfide) groups is 1. The molecular formula is C12H18N2O4S. The van der Waals surface area contributed by atoms with Gasteiger partial charge in [0.25, 0.3) is 11.1 Å². The second-order valence-electron chi connectivity index (χ2n) is 4.75. The van der Waals surface area contributed by atoms with Gasteiger partial charge in [-0.05, 0) is 12.8 Å². The average molecular weight is 286 g/mol. The molecule has 2 amide bonds. The van der Waals surface area contributed by atoms with Gasteiger partial charge in [0, 0.05) is 18.3 Å². The van der Waals surface area contributed by atoms with Crippen LogP contribution in [0.5, 0.6) is 0 Å². The Balaban J connectivity index is 1.62. The van der Waals surface area contributed by atoms with E-state index in [2.05, 4.69) is 5.32 Å². The van der Waals surface area contributed by atoms with Gasteiger partial charge in [-0.15, -0.1) is 0 Å². The summed E-state index contributed by atoms with van der Waals surface area (Å²) in [5.41, 5.74) is 0. The van der Waals surface area contributed by atoms with Crippen molar-refractivity contribution in [2.75, 3.05) is 25.4 Å². The maximum absolute atomic E-state index is 11.5. The van der Waals surface area contributed by atoms with E-state index in [9.17, 15) is 14.4 Å². The molecule has 0 unspecified atom stereocenters. The normalized spacial score (nSPS) is 19.8. The smallest absolute Gasteiger partial charge is 0.326 e. The van der Waals surface area contributed by atoms with Crippen molar-refractivity contribution in [1.82, 2.24) is 10.2 Å². The van der Waals surface area contributed by atoms with Crippen LogP contribution in [0.2, 0.25) is 0 Å². The third-order valence-electron chi connectivity index (χ3n) is 3.25. The Kier molecular flexibility index (Phi) is 5.07. The first-order valence-electron chi connectivity index (χ1n) is 6.52. The summed E-state index contributed by atoms with van der Waals surface area (Å²) in [5.74, 6) is -0.0892. The first-order chi connectivity index (χ1) is 9.15. The highest BCUT2D eigenvalue weighted by molar-refractivity contribution is 8.13. The lowest BCUT2D eigenvalue weighted by Gasteiger charge is -2.14. The molecule has 1 heterocycles. The standard InChI is InChI=1S/C12H18N2O4S/c15-10(13-9-3-1-2-4-9)8-18-11(16)7-14-5-6-19-12(14)17/h9H,1-8H2,(H,13,15). The zero-order chi connectivity index (χ0) is 13.7. The first kappa shape index (κ1) is 14.2. The van der Waals surface area contributed by atoms with E-state index in [1.165, 1.54) is 16.7 Å². The molecule has 0 aromatic rings. The minimum atomic E-state index is -0.530. The van der Waals surface area contributed by atoms with Gasteiger partial charge >= 0.3 is 5.97 Å². The van der Waals surface area contributed by atoms with Gasteiger partial charge < -0.3 is 15.0 Å². The predicted molar refractivity (Wildman–Crippen MR) is 70.8 cm³/mol. The van der Waals surface area contributed by atoms with Gasteiger partial charge in [-0.2, -0.15) is 0 Å². The molecule has 106 valence electrons.